The van der Waals surface area contributed by atoms with Gasteiger partial charge in [-0.05, 0) is 49.7 Å². The monoisotopic (exact) mass is 417 g/mol. The molecule has 1 atom stereocenters. The fourth-order valence-corrected chi connectivity index (χ4v) is 4.05. The maximum absolute atomic E-state index is 12.0. The number of nitrogens with zero attached hydrogens (tertiary/aromatic N) is 1. The van der Waals surface area contributed by atoms with Crippen LogP contribution in [0.25, 0.3) is 0 Å². The fraction of sp³-hybridized carbons (Fsp3) is 0.357. The Kier molecular flexibility index (Phi) is 8.69. The molecule has 1 unspecified atom stereocenters. The lowest BCUT2D eigenvalue weighted by atomic mass is 9.81. The number of para-hydroxylation sites is 1. The van der Waals surface area contributed by atoms with Gasteiger partial charge < -0.3 is 14.7 Å². The highest BCUT2D eigenvalue weighted by Gasteiger charge is 2.34. The average Bonchev–Trinajstić information content (AvgIpc) is 2.83. The highest BCUT2D eigenvalue weighted by molar-refractivity contribution is 5.46. The van der Waals surface area contributed by atoms with Crippen molar-refractivity contribution < 1.29 is 9.84 Å². The molecule has 0 fully saturated rings. The van der Waals surface area contributed by atoms with Crippen LogP contribution in [0.5, 0.6) is 5.75 Å². The third kappa shape index (κ3) is 6.19. The van der Waals surface area contributed by atoms with Crippen LogP contribution in [-0.4, -0.2) is 36.2 Å². The minimum atomic E-state index is -1.17. The number of ether oxygens (including phenoxy) is 1. The van der Waals surface area contributed by atoms with Gasteiger partial charge in [-0.15, -0.1) is 0 Å². The zero-order valence-electron chi connectivity index (χ0n) is 18.8. The van der Waals surface area contributed by atoms with Gasteiger partial charge in [0.1, 0.15) is 11.4 Å². The molecule has 3 aromatic carbocycles. The van der Waals surface area contributed by atoms with Crippen molar-refractivity contribution in [1.29, 1.82) is 0 Å². The smallest absolute Gasteiger partial charge is 0.125 e. The van der Waals surface area contributed by atoms with Crippen LogP contribution in [0.3, 0.4) is 0 Å². The molecule has 0 bridgehead atoms. The normalized spacial score (nSPS) is 13.2. The number of benzene rings is 3. The van der Waals surface area contributed by atoms with Gasteiger partial charge in [0.2, 0.25) is 0 Å². The van der Waals surface area contributed by atoms with Crippen molar-refractivity contribution in [3.05, 3.63) is 102 Å². The van der Waals surface area contributed by atoms with Crippen LogP contribution in [0.4, 0.5) is 0 Å². The Labute approximate surface area is 187 Å². The van der Waals surface area contributed by atoms with Crippen molar-refractivity contribution in [2.45, 2.75) is 38.7 Å². The van der Waals surface area contributed by atoms with E-state index in [1.165, 1.54) is 0 Å². The van der Waals surface area contributed by atoms with Crippen LogP contribution in [0, 0.1) is 0 Å². The lowest BCUT2D eigenvalue weighted by Crippen LogP contribution is -2.31. The van der Waals surface area contributed by atoms with Crippen molar-refractivity contribution >= 4 is 0 Å². The summed E-state index contributed by atoms with van der Waals surface area (Å²) in [6.45, 7) is 8.32. The van der Waals surface area contributed by atoms with E-state index in [0.29, 0.717) is 13.0 Å². The predicted molar refractivity (Wildman–Crippen MR) is 129 cm³/mol. The second kappa shape index (κ2) is 11.7. The van der Waals surface area contributed by atoms with Gasteiger partial charge >= 0.3 is 0 Å². The van der Waals surface area contributed by atoms with E-state index in [1.54, 1.807) is 0 Å². The Morgan fingerprint density at radius 1 is 0.774 bits per heavy atom. The molecule has 164 valence electrons. The first kappa shape index (κ1) is 23.1. The van der Waals surface area contributed by atoms with Gasteiger partial charge in [-0.1, -0.05) is 92.7 Å². The largest absolute Gasteiger partial charge is 0.493 e. The maximum atomic E-state index is 12.0. The Hall–Kier alpha value is -2.62. The van der Waals surface area contributed by atoms with Gasteiger partial charge in [-0.2, -0.15) is 0 Å². The molecular formula is C28H35NO2. The van der Waals surface area contributed by atoms with Crippen LogP contribution in [0.15, 0.2) is 84.9 Å². The molecule has 3 aromatic rings. The zero-order chi connectivity index (χ0) is 21.9. The van der Waals surface area contributed by atoms with E-state index in [-0.39, 0.29) is 0 Å². The molecule has 0 saturated carbocycles. The van der Waals surface area contributed by atoms with Crippen LogP contribution in [0.2, 0.25) is 0 Å². The SMILES string of the molecule is CCN(CC)CCCCOc1ccccc1C(O)(Cc1ccccc1)c1ccccc1. The number of hydrogen-bond donors (Lipinski definition) is 1. The molecule has 1 N–H and O–H groups in total. The summed E-state index contributed by atoms with van der Waals surface area (Å²) >= 11 is 0. The van der Waals surface area contributed by atoms with E-state index >= 15 is 0 Å². The summed E-state index contributed by atoms with van der Waals surface area (Å²) < 4.78 is 6.21. The first-order valence-electron chi connectivity index (χ1n) is 11.4. The highest BCUT2D eigenvalue weighted by atomic mass is 16.5. The van der Waals surface area contributed by atoms with Crippen molar-refractivity contribution in [1.82, 2.24) is 4.90 Å². The van der Waals surface area contributed by atoms with E-state index in [2.05, 4.69) is 30.9 Å². The van der Waals surface area contributed by atoms with Gasteiger partial charge in [0.05, 0.1) is 6.61 Å². The molecule has 0 aliphatic rings. The highest BCUT2D eigenvalue weighted by Crippen LogP contribution is 2.38. The summed E-state index contributed by atoms with van der Waals surface area (Å²) in [5.74, 6) is 0.757. The van der Waals surface area contributed by atoms with Crippen molar-refractivity contribution in [2.24, 2.45) is 0 Å². The molecule has 0 amide bonds. The van der Waals surface area contributed by atoms with Crippen molar-refractivity contribution in [3.8, 4) is 5.75 Å². The van der Waals surface area contributed by atoms with Gasteiger partial charge in [0, 0.05) is 12.0 Å². The fourth-order valence-electron chi connectivity index (χ4n) is 4.05. The number of rotatable bonds is 12. The molecule has 31 heavy (non-hydrogen) atoms. The Balaban J connectivity index is 1.80. The summed E-state index contributed by atoms with van der Waals surface area (Å²) in [6, 6.07) is 28.0. The second-order valence-corrected chi connectivity index (χ2v) is 7.97. The second-order valence-electron chi connectivity index (χ2n) is 7.97. The molecule has 0 radical (unpaired) electrons. The third-order valence-corrected chi connectivity index (χ3v) is 5.91. The maximum Gasteiger partial charge on any atom is 0.125 e. The van der Waals surface area contributed by atoms with Crippen LogP contribution in [-0.2, 0) is 12.0 Å². The number of hydrogen-bond acceptors (Lipinski definition) is 3. The molecule has 3 heteroatoms. The lowest BCUT2D eigenvalue weighted by Gasteiger charge is -2.31. The molecule has 0 heterocycles. The van der Waals surface area contributed by atoms with Crippen LogP contribution in [0.1, 0.15) is 43.4 Å². The van der Waals surface area contributed by atoms with Gasteiger partial charge in [0.25, 0.3) is 0 Å². The summed E-state index contributed by atoms with van der Waals surface area (Å²) in [5.41, 5.74) is 1.61. The quantitative estimate of drug-likeness (QED) is 0.386. The topological polar surface area (TPSA) is 32.7 Å². The van der Waals surface area contributed by atoms with E-state index in [1.807, 2.05) is 72.8 Å². The molecule has 0 aliphatic carbocycles. The summed E-state index contributed by atoms with van der Waals surface area (Å²) in [7, 11) is 0. The lowest BCUT2D eigenvalue weighted by molar-refractivity contribution is 0.0771. The molecule has 3 rings (SSSR count). The van der Waals surface area contributed by atoms with Gasteiger partial charge in [0.15, 0.2) is 0 Å². The predicted octanol–water partition coefficient (Wildman–Crippen LogP) is 5.67. The van der Waals surface area contributed by atoms with Gasteiger partial charge in [-0.25, -0.2) is 0 Å². The summed E-state index contributed by atoms with van der Waals surface area (Å²) in [5, 5.41) is 12.0. The van der Waals surface area contributed by atoms with E-state index < -0.39 is 5.60 Å². The molecule has 3 nitrogen and oxygen atoms in total. The average molecular weight is 418 g/mol. The number of unbranched alkanes of at least 4 members (excludes halogenated alkanes) is 1. The zero-order valence-corrected chi connectivity index (χ0v) is 18.8. The standard InChI is InChI=1S/C28H35NO2/c1-3-29(4-2)21-13-14-22-31-27-20-12-11-19-26(27)28(30,25-17-9-6-10-18-25)23-24-15-7-5-8-16-24/h5-12,15-20,30H,3-4,13-14,21-23H2,1-2H3. The third-order valence-electron chi connectivity index (χ3n) is 5.91. The Morgan fingerprint density at radius 3 is 2.06 bits per heavy atom. The Morgan fingerprint density at radius 2 is 1.39 bits per heavy atom. The van der Waals surface area contributed by atoms with E-state index in [4.69, 9.17) is 4.74 Å². The minimum absolute atomic E-state index is 0.486. The van der Waals surface area contributed by atoms with Crippen molar-refractivity contribution in [2.75, 3.05) is 26.2 Å². The van der Waals surface area contributed by atoms with Crippen LogP contribution >= 0.6 is 0 Å². The van der Waals surface area contributed by atoms with Crippen molar-refractivity contribution in [3.63, 3.8) is 0 Å². The van der Waals surface area contributed by atoms with E-state index in [9.17, 15) is 5.11 Å². The van der Waals surface area contributed by atoms with E-state index in [0.717, 1.165) is 54.9 Å². The van der Waals surface area contributed by atoms with Gasteiger partial charge in [-0.3, -0.25) is 0 Å². The molecule has 0 aromatic heterocycles. The molecule has 0 saturated heterocycles. The van der Waals surface area contributed by atoms with Crippen LogP contribution < -0.4 is 4.74 Å². The minimum Gasteiger partial charge on any atom is -0.493 e. The Bertz CT molecular complexity index is 893. The molecule has 0 spiro atoms. The first-order chi connectivity index (χ1) is 15.2. The first-order valence-corrected chi connectivity index (χ1v) is 11.4. The molecule has 0 aliphatic heterocycles. The summed E-state index contributed by atoms with van der Waals surface area (Å²) in [6.07, 6.45) is 2.59. The summed E-state index contributed by atoms with van der Waals surface area (Å²) in [4.78, 5) is 2.43. The molecular weight excluding hydrogens is 382 g/mol. The number of aliphatic hydroxyl groups is 1.